The molecular formula is C30H27N3O4S2. The summed E-state index contributed by atoms with van der Waals surface area (Å²) in [6.07, 6.45) is 2.75. The van der Waals surface area contributed by atoms with Crippen LogP contribution in [0.4, 0.5) is 0 Å². The number of piperidine rings is 1. The van der Waals surface area contributed by atoms with Crippen LogP contribution in [0.3, 0.4) is 0 Å². The number of sulfonamides is 1. The Balaban J connectivity index is 1.26. The van der Waals surface area contributed by atoms with Crippen molar-refractivity contribution in [3.05, 3.63) is 88.9 Å². The zero-order valence-electron chi connectivity index (χ0n) is 21.6. The minimum atomic E-state index is -3.63. The predicted octanol–water partition coefficient (Wildman–Crippen LogP) is 6.25. The molecule has 0 bridgehead atoms. The molecule has 0 N–H and O–H groups in total. The Bertz CT molecular complexity index is 1640. The highest BCUT2D eigenvalue weighted by Gasteiger charge is 2.31. The van der Waals surface area contributed by atoms with Crippen molar-refractivity contribution in [1.29, 1.82) is 5.26 Å². The van der Waals surface area contributed by atoms with E-state index in [-0.39, 0.29) is 10.5 Å². The van der Waals surface area contributed by atoms with E-state index in [0.717, 1.165) is 22.2 Å². The molecule has 0 unspecified atom stereocenters. The number of hydrogen-bond acceptors (Lipinski definition) is 7. The predicted molar refractivity (Wildman–Crippen MR) is 153 cm³/mol. The Morgan fingerprint density at radius 3 is 2.33 bits per heavy atom. The van der Waals surface area contributed by atoms with E-state index in [4.69, 9.17) is 4.74 Å². The van der Waals surface area contributed by atoms with Gasteiger partial charge in [0.15, 0.2) is 0 Å². The van der Waals surface area contributed by atoms with Gasteiger partial charge in [0.25, 0.3) is 0 Å². The summed E-state index contributed by atoms with van der Waals surface area (Å²) in [6.45, 7) is 5.12. The van der Waals surface area contributed by atoms with Gasteiger partial charge in [0.05, 0.1) is 26.2 Å². The van der Waals surface area contributed by atoms with Crippen LogP contribution in [0.2, 0.25) is 0 Å². The fraction of sp³-hybridized carbons (Fsp3) is 0.233. The number of ether oxygens (including phenoxy) is 1. The van der Waals surface area contributed by atoms with Gasteiger partial charge in [-0.05, 0) is 78.4 Å². The minimum Gasteiger partial charge on any atom is -0.423 e. The number of nitrogens with zero attached hydrogens (tertiary/aromatic N) is 3. The van der Waals surface area contributed by atoms with Gasteiger partial charge in [-0.1, -0.05) is 38.1 Å². The minimum absolute atomic E-state index is 0.165. The molecule has 9 heteroatoms. The van der Waals surface area contributed by atoms with Crippen LogP contribution in [0.1, 0.15) is 41.2 Å². The quantitative estimate of drug-likeness (QED) is 0.158. The maximum atomic E-state index is 13.1. The van der Waals surface area contributed by atoms with Crippen LogP contribution in [0.5, 0.6) is 5.75 Å². The summed E-state index contributed by atoms with van der Waals surface area (Å²) in [5, 5.41) is 10.3. The highest BCUT2D eigenvalue weighted by Crippen LogP contribution is 2.29. The highest BCUT2D eigenvalue weighted by atomic mass is 32.2. The number of benzene rings is 3. The third-order valence-electron chi connectivity index (χ3n) is 6.61. The molecule has 1 saturated heterocycles. The molecule has 3 aromatic carbocycles. The number of rotatable bonds is 6. The summed E-state index contributed by atoms with van der Waals surface area (Å²) < 4.78 is 34.2. The summed E-state index contributed by atoms with van der Waals surface area (Å²) in [7, 11) is -3.63. The van der Waals surface area contributed by atoms with E-state index in [9.17, 15) is 18.5 Å². The van der Waals surface area contributed by atoms with Gasteiger partial charge >= 0.3 is 5.97 Å². The second kappa shape index (κ2) is 11.1. The molecule has 1 fully saturated rings. The van der Waals surface area contributed by atoms with E-state index in [2.05, 4.69) is 24.9 Å². The lowest BCUT2D eigenvalue weighted by atomic mass is 9.94. The Morgan fingerprint density at radius 1 is 1.03 bits per heavy atom. The molecule has 0 radical (unpaired) electrons. The Kier molecular flexibility index (Phi) is 7.62. The molecule has 4 aromatic rings. The molecular weight excluding hydrogens is 530 g/mol. The molecule has 39 heavy (non-hydrogen) atoms. The lowest BCUT2D eigenvalue weighted by Crippen LogP contribution is -2.42. The molecule has 1 aliphatic rings. The number of para-hydroxylation sites is 1. The molecule has 5 rings (SSSR count). The van der Waals surface area contributed by atoms with E-state index in [1.54, 1.807) is 30.3 Å². The third-order valence-corrected chi connectivity index (χ3v) is 9.53. The van der Waals surface area contributed by atoms with Gasteiger partial charge in [-0.15, -0.1) is 11.3 Å². The fourth-order valence-corrected chi connectivity index (χ4v) is 7.42. The third kappa shape index (κ3) is 5.93. The van der Waals surface area contributed by atoms with E-state index in [1.807, 2.05) is 24.3 Å². The summed E-state index contributed by atoms with van der Waals surface area (Å²) in [6, 6.07) is 22.6. The van der Waals surface area contributed by atoms with Gasteiger partial charge in [0.2, 0.25) is 10.0 Å². The van der Waals surface area contributed by atoms with Crippen molar-refractivity contribution in [3.8, 4) is 11.8 Å². The van der Waals surface area contributed by atoms with Crippen LogP contribution >= 0.6 is 11.3 Å². The number of hydrogen-bond donors (Lipinski definition) is 0. The lowest BCUT2D eigenvalue weighted by Gasteiger charge is -2.34. The van der Waals surface area contributed by atoms with Crippen molar-refractivity contribution in [3.63, 3.8) is 0 Å². The van der Waals surface area contributed by atoms with Crippen molar-refractivity contribution >= 4 is 49.2 Å². The molecule has 1 aliphatic heterocycles. The van der Waals surface area contributed by atoms with Crippen molar-refractivity contribution in [2.24, 2.45) is 11.8 Å². The SMILES string of the molecule is C[C@@H]1C[C@H](C)CN(S(=O)(=O)c2ccc(C(=O)Oc3ccc(/C=C(\C#N)c4nc5ccccc5s4)cc3)cc2)C1. The van der Waals surface area contributed by atoms with Crippen molar-refractivity contribution in [2.75, 3.05) is 13.1 Å². The second-order valence-electron chi connectivity index (χ2n) is 9.91. The zero-order valence-corrected chi connectivity index (χ0v) is 23.2. The van der Waals surface area contributed by atoms with Crippen LogP contribution in [0.25, 0.3) is 21.9 Å². The first-order chi connectivity index (χ1) is 18.7. The van der Waals surface area contributed by atoms with Crippen molar-refractivity contribution in [1.82, 2.24) is 9.29 Å². The molecule has 7 nitrogen and oxygen atoms in total. The molecule has 0 saturated carbocycles. The maximum Gasteiger partial charge on any atom is 0.343 e. The Morgan fingerprint density at radius 2 is 1.69 bits per heavy atom. The number of fused-ring (bicyclic) bond motifs is 1. The Labute approximate surface area is 232 Å². The Hall–Kier alpha value is -3.84. The highest BCUT2D eigenvalue weighted by molar-refractivity contribution is 7.89. The average Bonchev–Trinajstić information content (AvgIpc) is 3.36. The summed E-state index contributed by atoms with van der Waals surface area (Å²) in [5.74, 6) is 0.357. The number of thiazole rings is 1. The monoisotopic (exact) mass is 557 g/mol. The van der Waals surface area contributed by atoms with Crippen molar-refractivity contribution < 1.29 is 17.9 Å². The van der Waals surface area contributed by atoms with Gasteiger partial charge in [-0.3, -0.25) is 0 Å². The average molecular weight is 558 g/mol. The first kappa shape index (κ1) is 26.8. The topological polar surface area (TPSA) is 100 Å². The van der Waals surface area contributed by atoms with Crippen LogP contribution in [0, 0.1) is 23.2 Å². The van der Waals surface area contributed by atoms with E-state index < -0.39 is 16.0 Å². The summed E-state index contributed by atoms with van der Waals surface area (Å²) >= 11 is 1.46. The standard InChI is InChI=1S/C30H27N3O4S2/c1-20-15-21(2)19-33(18-20)39(35,36)26-13-9-23(10-14-26)30(34)37-25-11-7-22(8-12-25)16-24(17-31)29-32-27-5-3-4-6-28(27)38-29/h3-14,16,20-21H,15,18-19H2,1-2H3/b24-16+/t20-,21+. The molecule has 0 amide bonds. The first-order valence-corrected chi connectivity index (χ1v) is 14.9. The number of aromatic nitrogens is 1. The lowest BCUT2D eigenvalue weighted by molar-refractivity contribution is 0.0734. The zero-order chi connectivity index (χ0) is 27.6. The number of esters is 1. The maximum absolute atomic E-state index is 13.1. The molecule has 198 valence electrons. The van der Waals surface area contributed by atoms with Gasteiger partial charge in [0.1, 0.15) is 16.8 Å². The smallest absolute Gasteiger partial charge is 0.343 e. The largest absolute Gasteiger partial charge is 0.423 e. The van der Waals surface area contributed by atoms with Crippen LogP contribution < -0.4 is 4.74 Å². The first-order valence-electron chi connectivity index (χ1n) is 12.6. The number of allylic oxidation sites excluding steroid dienone is 1. The van der Waals surface area contributed by atoms with Gasteiger partial charge in [-0.25, -0.2) is 18.2 Å². The summed E-state index contributed by atoms with van der Waals surface area (Å²) in [5.41, 5.74) is 2.31. The van der Waals surface area contributed by atoms with E-state index in [0.29, 0.717) is 41.3 Å². The van der Waals surface area contributed by atoms with Crippen LogP contribution in [-0.4, -0.2) is 36.8 Å². The van der Waals surface area contributed by atoms with Crippen LogP contribution in [0.15, 0.2) is 77.7 Å². The van der Waals surface area contributed by atoms with Crippen molar-refractivity contribution in [2.45, 2.75) is 25.2 Å². The van der Waals surface area contributed by atoms with Crippen LogP contribution in [-0.2, 0) is 10.0 Å². The van der Waals surface area contributed by atoms with Gasteiger partial charge in [-0.2, -0.15) is 9.57 Å². The van der Waals surface area contributed by atoms with Gasteiger partial charge < -0.3 is 4.74 Å². The fourth-order valence-electron chi connectivity index (χ4n) is 4.81. The normalized spacial score (nSPS) is 18.5. The second-order valence-corrected chi connectivity index (χ2v) is 12.9. The number of carbonyl (C=O) groups is 1. The number of nitriles is 1. The molecule has 0 spiro atoms. The van der Waals surface area contributed by atoms with Gasteiger partial charge in [0, 0.05) is 13.1 Å². The molecule has 2 heterocycles. The number of carbonyl (C=O) groups excluding carboxylic acids is 1. The molecule has 0 aliphatic carbocycles. The molecule has 2 atom stereocenters. The van der Waals surface area contributed by atoms with E-state index >= 15 is 0 Å². The molecule has 1 aromatic heterocycles. The van der Waals surface area contributed by atoms with E-state index in [1.165, 1.54) is 39.9 Å². The summed E-state index contributed by atoms with van der Waals surface area (Å²) in [4.78, 5) is 17.4.